The number of hydrogen-bond donors (Lipinski definition) is 0. The third kappa shape index (κ3) is 3.01. The Kier molecular flexibility index (Phi) is 3.78. The SMILES string of the molecule is O=S(=O)(Cc1ccsc1)c1cc(Cl)ccc1Cl. The molecule has 0 aliphatic carbocycles. The topological polar surface area (TPSA) is 34.1 Å². The first-order chi connectivity index (χ1) is 7.99. The van der Waals surface area contributed by atoms with Crippen molar-refractivity contribution in [1.82, 2.24) is 0 Å². The average Bonchev–Trinajstić information content (AvgIpc) is 2.73. The van der Waals surface area contributed by atoms with Crippen LogP contribution in [-0.4, -0.2) is 8.42 Å². The van der Waals surface area contributed by atoms with Crippen molar-refractivity contribution in [3.05, 3.63) is 50.6 Å². The largest absolute Gasteiger partial charge is 0.223 e. The normalized spacial score (nSPS) is 11.6. The van der Waals surface area contributed by atoms with Gasteiger partial charge in [0.05, 0.1) is 15.7 Å². The molecule has 0 bridgehead atoms. The summed E-state index contributed by atoms with van der Waals surface area (Å²) in [6.07, 6.45) is 0. The van der Waals surface area contributed by atoms with Crippen LogP contribution in [0.2, 0.25) is 10.0 Å². The van der Waals surface area contributed by atoms with Crippen LogP contribution in [0.5, 0.6) is 0 Å². The predicted octanol–water partition coefficient (Wildman–Crippen LogP) is 4.03. The maximum Gasteiger partial charge on any atom is 0.184 e. The minimum absolute atomic E-state index is 0.0590. The third-order valence-electron chi connectivity index (χ3n) is 2.17. The molecular weight excluding hydrogens is 299 g/mol. The lowest BCUT2D eigenvalue weighted by Gasteiger charge is -2.05. The van der Waals surface area contributed by atoms with Crippen LogP contribution in [0.15, 0.2) is 39.9 Å². The second-order valence-electron chi connectivity index (χ2n) is 3.47. The molecule has 1 aromatic heterocycles. The Morgan fingerprint density at radius 2 is 1.94 bits per heavy atom. The lowest BCUT2D eigenvalue weighted by Crippen LogP contribution is -2.05. The predicted molar refractivity (Wildman–Crippen MR) is 71.7 cm³/mol. The minimum Gasteiger partial charge on any atom is -0.223 e. The Bertz CT molecular complexity index is 619. The van der Waals surface area contributed by atoms with Gasteiger partial charge in [-0.2, -0.15) is 11.3 Å². The third-order valence-corrected chi connectivity index (χ3v) is 5.30. The molecule has 2 nitrogen and oxygen atoms in total. The summed E-state index contributed by atoms with van der Waals surface area (Å²) in [6, 6.07) is 6.21. The van der Waals surface area contributed by atoms with Gasteiger partial charge in [-0.1, -0.05) is 23.2 Å². The molecular formula is C11H8Cl2O2S2. The summed E-state index contributed by atoms with van der Waals surface area (Å²) in [6.45, 7) is 0. The van der Waals surface area contributed by atoms with Crippen molar-refractivity contribution in [2.24, 2.45) is 0 Å². The van der Waals surface area contributed by atoms with Crippen LogP contribution in [0.4, 0.5) is 0 Å². The fourth-order valence-electron chi connectivity index (χ4n) is 1.39. The van der Waals surface area contributed by atoms with E-state index in [1.54, 1.807) is 17.5 Å². The molecule has 17 heavy (non-hydrogen) atoms. The lowest BCUT2D eigenvalue weighted by atomic mass is 10.4. The molecule has 2 aromatic rings. The summed E-state index contributed by atoms with van der Waals surface area (Å²) in [5, 5.41) is 4.20. The minimum atomic E-state index is -3.45. The average molecular weight is 307 g/mol. The van der Waals surface area contributed by atoms with Crippen molar-refractivity contribution in [1.29, 1.82) is 0 Å². The van der Waals surface area contributed by atoms with Crippen LogP contribution >= 0.6 is 34.5 Å². The van der Waals surface area contributed by atoms with Gasteiger partial charge in [-0.3, -0.25) is 0 Å². The fourth-order valence-corrected chi connectivity index (χ4v) is 4.31. The molecule has 6 heteroatoms. The molecule has 0 unspecified atom stereocenters. The Morgan fingerprint density at radius 1 is 1.18 bits per heavy atom. The zero-order chi connectivity index (χ0) is 12.5. The Balaban J connectivity index is 2.41. The Hall–Kier alpha value is -0.550. The van der Waals surface area contributed by atoms with Gasteiger partial charge in [-0.25, -0.2) is 8.42 Å². The summed E-state index contributed by atoms with van der Waals surface area (Å²) in [4.78, 5) is 0.0814. The van der Waals surface area contributed by atoms with Gasteiger partial charge in [-0.15, -0.1) is 0 Å². The first-order valence-electron chi connectivity index (χ1n) is 4.68. The summed E-state index contributed by atoms with van der Waals surface area (Å²) in [7, 11) is -3.45. The molecule has 0 aliphatic heterocycles. The van der Waals surface area contributed by atoms with Crippen molar-refractivity contribution in [2.75, 3.05) is 0 Å². The van der Waals surface area contributed by atoms with Crippen molar-refractivity contribution in [2.45, 2.75) is 10.6 Å². The van der Waals surface area contributed by atoms with Gasteiger partial charge in [0, 0.05) is 5.02 Å². The smallest absolute Gasteiger partial charge is 0.184 e. The summed E-state index contributed by atoms with van der Waals surface area (Å²) in [5.41, 5.74) is 0.756. The monoisotopic (exact) mass is 306 g/mol. The fraction of sp³-hybridized carbons (Fsp3) is 0.0909. The van der Waals surface area contributed by atoms with Crippen LogP contribution in [0.1, 0.15) is 5.56 Å². The molecule has 0 radical (unpaired) electrons. The van der Waals surface area contributed by atoms with E-state index in [4.69, 9.17) is 23.2 Å². The lowest BCUT2D eigenvalue weighted by molar-refractivity contribution is 0.595. The van der Waals surface area contributed by atoms with Crippen LogP contribution in [0, 0.1) is 0 Å². The number of thiophene rings is 1. The molecule has 0 N–H and O–H groups in total. The molecule has 0 atom stereocenters. The van der Waals surface area contributed by atoms with E-state index in [0.29, 0.717) is 5.02 Å². The van der Waals surface area contributed by atoms with Crippen molar-refractivity contribution < 1.29 is 8.42 Å². The van der Waals surface area contributed by atoms with Crippen molar-refractivity contribution in [3.63, 3.8) is 0 Å². The summed E-state index contributed by atoms with van der Waals surface area (Å²) in [5.74, 6) is -0.0590. The van der Waals surface area contributed by atoms with E-state index in [2.05, 4.69) is 0 Å². The number of hydrogen-bond acceptors (Lipinski definition) is 3. The van der Waals surface area contributed by atoms with Crippen LogP contribution in [0.3, 0.4) is 0 Å². The van der Waals surface area contributed by atoms with Crippen molar-refractivity contribution in [3.8, 4) is 0 Å². The van der Waals surface area contributed by atoms with E-state index >= 15 is 0 Å². The molecule has 1 heterocycles. The first kappa shape index (κ1) is 12.9. The maximum atomic E-state index is 12.1. The maximum absolute atomic E-state index is 12.1. The quantitative estimate of drug-likeness (QED) is 0.858. The van der Waals surface area contributed by atoms with Gasteiger partial charge in [-0.05, 0) is 40.6 Å². The van der Waals surface area contributed by atoms with Gasteiger partial charge in [0.15, 0.2) is 9.84 Å². The summed E-state index contributed by atoms with van der Waals surface area (Å²) >= 11 is 13.1. The van der Waals surface area contributed by atoms with Crippen LogP contribution < -0.4 is 0 Å². The molecule has 2 rings (SSSR count). The van der Waals surface area contributed by atoms with E-state index in [-0.39, 0.29) is 15.7 Å². The second-order valence-corrected chi connectivity index (χ2v) is 7.05. The first-order valence-corrected chi connectivity index (χ1v) is 8.03. The second kappa shape index (κ2) is 4.98. The standard InChI is InChI=1S/C11H8Cl2O2S2/c12-9-1-2-10(13)11(5-9)17(14,15)7-8-3-4-16-6-8/h1-6H,7H2. The number of sulfone groups is 1. The zero-order valence-corrected chi connectivity index (χ0v) is 11.7. The van der Waals surface area contributed by atoms with Crippen molar-refractivity contribution >= 4 is 44.4 Å². The highest BCUT2D eigenvalue weighted by Gasteiger charge is 2.19. The molecule has 0 spiro atoms. The summed E-state index contributed by atoms with van der Waals surface area (Å²) < 4.78 is 24.3. The number of benzene rings is 1. The van der Waals surface area contributed by atoms with E-state index in [1.807, 2.05) is 5.38 Å². The van der Waals surface area contributed by atoms with Gasteiger partial charge < -0.3 is 0 Å². The van der Waals surface area contributed by atoms with E-state index in [0.717, 1.165) is 5.56 Å². The van der Waals surface area contributed by atoms with Gasteiger partial charge in [0.1, 0.15) is 0 Å². The highest BCUT2D eigenvalue weighted by molar-refractivity contribution is 7.90. The number of rotatable bonds is 3. The van der Waals surface area contributed by atoms with E-state index < -0.39 is 9.84 Å². The molecule has 0 saturated carbocycles. The highest BCUT2D eigenvalue weighted by atomic mass is 35.5. The van der Waals surface area contributed by atoms with Gasteiger partial charge >= 0.3 is 0 Å². The molecule has 0 fully saturated rings. The Morgan fingerprint density at radius 3 is 2.59 bits per heavy atom. The van der Waals surface area contributed by atoms with E-state index in [1.165, 1.54) is 23.5 Å². The molecule has 0 aliphatic rings. The van der Waals surface area contributed by atoms with Gasteiger partial charge in [0.2, 0.25) is 0 Å². The number of halogens is 2. The molecule has 90 valence electrons. The van der Waals surface area contributed by atoms with E-state index in [9.17, 15) is 8.42 Å². The Labute approximate surface area is 114 Å². The van der Waals surface area contributed by atoms with Crippen LogP contribution in [-0.2, 0) is 15.6 Å². The molecule has 0 amide bonds. The highest BCUT2D eigenvalue weighted by Crippen LogP contribution is 2.28. The van der Waals surface area contributed by atoms with Crippen LogP contribution in [0.25, 0.3) is 0 Å². The zero-order valence-electron chi connectivity index (χ0n) is 8.56. The molecule has 1 aromatic carbocycles. The van der Waals surface area contributed by atoms with Gasteiger partial charge in [0.25, 0.3) is 0 Å². The molecule has 0 saturated heterocycles.